The van der Waals surface area contributed by atoms with Gasteiger partial charge < -0.3 is 14.5 Å². The molecule has 1 heterocycles. The van der Waals surface area contributed by atoms with E-state index in [9.17, 15) is 4.79 Å². The van der Waals surface area contributed by atoms with Crippen molar-refractivity contribution in [1.82, 2.24) is 9.80 Å². The fourth-order valence-corrected chi connectivity index (χ4v) is 2.85. The topological polar surface area (TPSA) is 32.8 Å². The zero-order chi connectivity index (χ0) is 15.4. The summed E-state index contributed by atoms with van der Waals surface area (Å²) >= 11 is 0. The molecular weight excluding hydrogens is 276 g/mol. The molecule has 0 N–H and O–H groups in total. The minimum atomic E-state index is 0.0724. The molecule has 4 heteroatoms. The quantitative estimate of drug-likeness (QED) is 0.872. The normalized spacial score (nSPS) is 16.5. The number of ether oxygens (including phenoxy) is 1. The first-order valence-electron chi connectivity index (χ1n) is 7.81. The fourth-order valence-electron chi connectivity index (χ4n) is 2.85. The summed E-state index contributed by atoms with van der Waals surface area (Å²) in [5, 5.41) is 2.18. The van der Waals surface area contributed by atoms with Crippen LogP contribution in [0.1, 0.15) is 6.42 Å². The van der Waals surface area contributed by atoms with Gasteiger partial charge in [0, 0.05) is 25.0 Å². The van der Waals surface area contributed by atoms with E-state index in [1.54, 1.807) is 0 Å². The minimum absolute atomic E-state index is 0.0724. The van der Waals surface area contributed by atoms with Crippen LogP contribution in [0.15, 0.2) is 42.5 Å². The van der Waals surface area contributed by atoms with E-state index >= 15 is 0 Å². The molecule has 1 fully saturated rings. The third kappa shape index (κ3) is 3.39. The number of rotatable bonds is 3. The molecule has 1 saturated heterocycles. The standard InChI is InChI=1S/C18H22N2O2/c1-19-10-5-11-20(13-12-19)18(21)14-22-17-9-4-7-15-6-2-3-8-16(15)17/h2-4,6-9H,5,10-14H2,1H3. The molecule has 2 aromatic carbocycles. The Morgan fingerprint density at radius 2 is 1.86 bits per heavy atom. The van der Waals surface area contributed by atoms with E-state index in [0.29, 0.717) is 0 Å². The molecular formula is C18H22N2O2. The van der Waals surface area contributed by atoms with E-state index in [2.05, 4.69) is 24.1 Å². The van der Waals surface area contributed by atoms with E-state index in [4.69, 9.17) is 4.74 Å². The molecule has 0 aliphatic carbocycles. The van der Waals surface area contributed by atoms with Crippen LogP contribution in [0.5, 0.6) is 5.75 Å². The average molecular weight is 298 g/mol. The number of likely N-dealkylation sites (N-methyl/N-ethyl adjacent to an activating group) is 1. The number of carbonyl (C=O) groups is 1. The van der Waals surface area contributed by atoms with Crippen LogP contribution in [0.25, 0.3) is 10.8 Å². The van der Waals surface area contributed by atoms with Crippen LogP contribution in [0.3, 0.4) is 0 Å². The molecule has 0 atom stereocenters. The number of carbonyl (C=O) groups excluding carboxylic acids is 1. The zero-order valence-electron chi connectivity index (χ0n) is 13.0. The third-order valence-electron chi connectivity index (χ3n) is 4.17. The Bertz CT molecular complexity index is 651. The molecule has 1 amide bonds. The Morgan fingerprint density at radius 1 is 1.05 bits per heavy atom. The summed E-state index contributed by atoms with van der Waals surface area (Å²) < 4.78 is 5.80. The number of amides is 1. The summed E-state index contributed by atoms with van der Waals surface area (Å²) in [6.45, 7) is 3.70. The molecule has 0 radical (unpaired) electrons. The van der Waals surface area contributed by atoms with Crippen molar-refractivity contribution in [1.29, 1.82) is 0 Å². The Morgan fingerprint density at radius 3 is 2.77 bits per heavy atom. The molecule has 1 aliphatic heterocycles. The first-order valence-corrected chi connectivity index (χ1v) is 7.81. The number of hydrogen-bond acceptors (Lipinski definition) is 3. The molecule has 0 aromatic heterocycles. The maximum atomic E-state index is 12.3. The van der Waals surface area contributed by atoms with Crippen molar-refractivity contribution >= 4 is 16.7 Å². The molecule has 22 heavy (non-hydrogen) atoms. The largest absolute Gasteiger partial charge is 0.483 e. The highest BCUT2D eigenvalue weighted by Gasteiger charge is 2.18. The van der Waals surface area contributed by atoms with Gasteiger partial charge >= 0.3 is 0 Å². The summed E-state index contributed by atoms with van der Waals surface area (Å²) in [7, 11) is 2.10. The Kier molecular flexibility index (Phi) is 4.59. The van der Waals surface area contributed by atoms with Gasteiger partial charge in [-0.2, -0.15) is 0 Å². The highest BCUT2D eigenvalue weighted by Crippen LogP contribution is 2.25. The van der Waals surface area contributed by atoms with Gasteiger partial charge in [0.15, 0.2) is 6.61 Å². The summed E-state index contributed by atoms with van der Waals surface area (Å²) in [5.41, 5.74) is 0. The summed E-state index contributed by atoms with van der Waals surface area (Å²) in [4.78, 5) is 16.5. The van der Waals surface area contributed by atoms with E-state index in [0.717, 1.165) is 49.1 Å². The van der Waals surface area contributed by atoms with Crippen LogP contribution < -0.4 is 4.74 Å². The van der Waals surface area contributed by atoms with Gasteiger partial charge in [0.1, 0.15) is 5.75 Å². The highest BCUT2D eigenvalue weighted by molar-refractivity contribution is 5.88. The summed E-state index contributed by atoms with van der Waals surface area (Å²) in [6, 6.07) is 14.0. The van der Waals surface area contributed by atoms with Crippen LogP contribution in [-0.2, 0) is 4.79 Å². The monoisotopic (exact) mass is 298 g/mol. The smallest absolute Gasteiger partial charge is 0.260 e. The Labute approximate surface area is 131 Å². The van der Waals surface area contributed by atoms with Gasteiger partial charge in [-0.25, -0.2) is 0 Å². The van der Waals surface area contributed by atoms with Crippen molar-refractivity contribution in [3.63, 3.8) is 0 Å². The lowest BCUT2D eigenvalue weighted by molar-refractivity contribution is -0.133. The van der Waals surface area contributed by atoms with Gasteiger partial charge in [-0.15, -0.1) is 0 Å². The van der Waals surface area contributed by atoms with Crippen LogP contribution in [-0.4, -0.2) is 55.5 Å². The second-order valence-electron chi connectivity index (χ2n) is 5.80. The molecule has 4 nitrogen and oxygen atoms in total. The van der Waals surface area contributed by atoms with Gasteiger partial charge in [0.05, 0.1) is 0 Å². The number of nitrogens with zero attached hydrogens (tertiary/aromatic N) is 2. The molecule has 0 unspecified atom stereocenters. The molecule has 2 aromatic rings. The first-order chi connectivity index (χ1) is 10.7. The van der Waals surface area contributed by atoms with Crippen molar-refractivity contribution in [3.05, 3.63) is 42.5 Å². The van der Waals surface area contributed by atoms with Crippen LogP contribution in [0.2, 0.25) is 0 Å². The Hall–Kier alpha value is -2.07. The van der Waals surface area contributed by atoms with Crippen molar-refractivity contribution < 1.29 is 9.53 Å². The summed E-state index contributed by atoms with van der Waals surface area (Å²) in [6.07, 6.45) is 1.02. The predicted molar refractivity (Wildman–Crippen MR) is 88.1 cm³/mol. The fraction of sp³-hybridized carbons (Fsp3) is 0.389. The van der Waals surface area contributed by atoms with Crippen LogP contribution in [0, 0.1) is 0 Å². The summed E-state index contributed by atoms with van der Waals surface area (Å²) in [5.74, 6) is 0.849. The minimum Gasteiger partial charge on any atom is -0.483 e. The molecule has 0 saturated carbocycles. The van der Waals surface area contributed by atoms with Gasteiger partial charge in [0.25, 0.3) is 5.91 Å². The number of benzene rings is 2. The molecule has 0 bridgehead atoms. The lowest BCUT2D eigenvalue weighted by atomic mass is 10.1. The van der Waals surface area contributed by atoms with Gasteiger partial charge in [0.2, 0.25) is 0 Å². The molecule has 3 rings (SSSR count). The SMILES string of the molecule is CN1CCCN(C(=O)COc2cccc3ccccc23)CC1. The van der Waals surface area contributed by atoms with Crippen molar-refractivity contribution in [2.75, 3.05) is 39.8 Å². The van der Waals surface area contributed by atoms with Crippen molar-refractivity contribution in [2.24, 2.45) is 0 Å². The lowest BCUT2D eigenvalue weighted by Crippen LogP contribution is -2.37. The average Bonchev–Trinajstić information content (AvgIpc) is 2.77. The third-order valence-corrected chi connectivity index (χ3v) is 4.17. The zero-order valence-corrected chi connectivity index (χ0v) is 13.0. The first kappa shape index (κ1) is 14.9. The van der Waals surface area contributed by atoms with E-state index < -0.39 is 0 Å². The molecule has 0 spiro atoms. The van der Waals surface area contributed by atoms with Crippen molar-refractivity contribution in [3.8, 4) is 5.75 Å². The number of fused-ring (bicyclic) bond motifs is 1. The lowest BCUT2D eigenvalue weighted by Gasteiger charge is -2.20. The van der Waals surface area contributed by atoms with E-state index in [1.165, 1.54) is 0 Å². The van der Waals surface area contributed by atoms with Crippen LogP contribution >= 0.6 is 0 Å². The molecule has 1 aliphatic rings. The maximum absolute atomic E-state index is 12.3. The van der Waals surface area contributed by atoms with Crippen LogP contribution in [0.4, 0.5) is 0 Å². The van der Waals surface area contributed by atoms with Crippen molar-refractivity contribution in [2.45, 2.75) is 6.42 Å². The van der Waals surface area contributed by atoms with Gasteiger partial charge in [-0.3, -0.25) is 4.79 Å². The van der Waals surface area contributed by atoms with E-state index in [-0.39, 0.29) is 12.5 Å². The van der Waals surface area contributed by atoms with Gasteiger partial charge in [-0.1, -0.05) is 36.4 Å². The number of hydrogen-bond donors (Lipinski definition) is 0. The predicted octanol–water partition coefficient (Wildman–Crippen LogP) is 2.38. The second-order valence-corrected chi connectivity index (χ2v) is 5.80. The van der Waals surface area contributed by atoms with Gasteiger partial charge in [-0.05, 0) is 31.5 Å². The highest BCUT2D eigenvalue weighted by atomic mass is 16.5. The maximum Gasteiger partial charge on any atom is 0.260 e. The van der Waals surface area contributed by atoms with E-state index in [1.807, 2.05) is 35.2 Å². The second kappa shape index (κ2) is 6.79. The molecule has 116 valence electrons. The Balaban J connectivity index is 1.65.